The van der Waals surface area contributed by atoms with Gasteiger partial charge in [-0.05, 0) is 103 Å². The Bertz CT molecular complexity index is 4330. The van der Waals surface area contributed by atoms with Crippen LogP contribution in [0.2, 0.25) is 10.0 Å². The number of benzene rings is 5. The highest BCUT2D eigenvalue weighted by Gasteiger charge is 2.52. The number of aliphatic carboxylic acids is 1. The molecule has 2 fully saturated rings. The molecule has 37 heteroatoms. The van der Waals surface area contributed by atoms with Gasteiger partial charge in [0.15, 0.2) is 29.9 Å². The quantitative estimate of drug-likeness (QED) is 0.0407. The first-order chi connectivity index (χ1) is 50.5. The van der Waals surface area contributed by atoms with Crippen molar-refractivity contribution in [3.05, 3.63) is 129 Å². The number of hydrogen-bond acceptors (Lipinski definition) is 25. The molecular weight excluding hydrogens is 1560 g/mol. The Morgan fingerprint density at radius 2 is 1.36 bits per heavy atom. The number of aromatic hydroxyl groups is 3. The van der Waals surface area contributed by atoms with Gasteiger partial charge in [-0.15, -0.1) is 0 Å². The molecule has 12 rings (SSSR count). The summed E-state index contributed by atoms with van der Waals surface area (Å²) < 4.78 is 44.1. The van der Waals surface area contributed by atoms with Gasteiger partial charge in [0.25, 0.3) is 0 Å². The molecule has 18 atom stereocenters. The lowest BCUT2D eigenvalue weighted by molar-refractivity contribution is -0.328. The molecule has 5 aromatic rings. The van der Waals surface area contributed by atoms with Gasteiger partial charge in [0.1, 0.15) is 96.0 Å². The van der Waals surface area contributed by atoms with Crippen LogP contribution in [0.15, 0.2) is 91.5 Å². The fraction of sp³-hybridized carbons (Fsp3) is 0.414. The summed E-state index contributed by atoms with van der Waals surface area (Å²) in [4.78, 5) is 133. The van der Waals surface area contributed by atoms with Crippen molar-refractivity contribution in [2.24, 2.45) is 17.4 Å². The molecule has 0 radical (unpaired) electrons. The first-order valence-electron chi connectivity index (χ1n) is 33.2. The van der Waals surface area contributed by atoms with Gasteiger partial charge in [0.2, 0.25) is 53.4 Å². The van der Waals surface area contributed by atoms with Crippen molar-refractivity contribution < 1.29 is 122 Å². The first-order valence-corrected chi connectivity index (χ1v) is 35.5. The fourth-order valence-electron chi connectivity index (χ4n) is 12.9. The number of amides is 8. The van der Waals surface area contributed by atoms with Crippen LogP contribution in [-0.2, 0) is 57.3 Å². The number of carboxylic acid groups (broad SMARTS) is 1. The monoisotopic (exact) mass is 1640 g/mol. The minimum absolute atomic E-state index is 0.0220. The number of nitrogens with one attached hydrogen (secondary N) is 6. The van der Waals surface area contributed by atoms with E-state index in [4.69, 9.17) is 67.8 Å². The van der Waals surface area contributed by atoms with E-state index in [1.54, 1.807) is 13.8 Å². The molecule has 574 valence electrons. The van der Waals surface area contributed by atoms with E-state index in [1.807, 2.05) is 22.6 Å². The Hall–Kier alpha value is -9.38. The highest BCUT2D eigenvalue weighted by atomic mass is 127. The van der Waals surface area contributed by atoms with Crippen molar-refractivity contribution in [1.82, 2.24) is 36.8 Å². The molecule has 2 saturated heterocycles. The Balaban J connectivity index is 1.23. The molecule has 8 amide bonds. The van der Waals surface area contributed by atoms with Crippen molar-refractivity contribution in [3.8, 4) is 57.1 Å². The summed E-state index contributed by atoms with van der Waals surface area (Å²) in [7, 11) is 1.24. The Morgan fingerprint density at radius 3 is 1.95 bits per heavy atom. The number of nitrogens with zero attached hydrogens (tertiary/aromatic N) is 1. The lowest BCUT2D eigenvalue weighted by atomic mass is 9.86. The SMILES string of the molecule is C=CCOC(=O)N(C)[C@H](CC(C)C)C(=O)N[C@H]1C(=O)N[C@@H](CC(N)=O)C(=O)N[C@H]2C(=O)N[C@H]3C(=O)N[C@H](C(=O)N[C@@H](C(=O)O)c4cc(O)cc(O)c4-c4cc3ccc4O)[C@H](O)c3ccc(c(Cl)c3)Oc3cc2cc(c3OC2OC(CI)C(O)C(O)C2OC2CC(C)(N)C(O)C(C)O2)Oc2ccc(cc2Cl)[C@H]1O. The van der Waals surface area contributed by atoms with Gasteiger partial charge >= 0.3 is 12.1 Å². The number of halogens is 3. The molecule has 0 saturated carbocycles. The van der Waals surface area contributed by atoms with E-state index in [0.29, 0.717) is 0 Å². The summed E-state index contributed by atoms with van der Waals surface area (Å²) >= 11 is 16.1. The van der Waals surface area contributed by atoms with Crippen LogP contribution in [0.3, 0.4) is 0 Å². The number of carbonyl (C=O) groups excluding carboxylic acids is 8. The molecule has 0 spiro atoms. The second-order valence-electron chi connectivity index (χ2n) is 26.8. The number of phenols is 3. The molecule has 7 aliphatic heterocycles. The molecule has 34 nitrogen and oxygen atoms in total. The highest BCUT2D eigenvalue weighted by molar-refractivity contribution is 14.1. The molecule has 0 aliphatic carbocycles. The van der Waals surface area contributed by atoms with Crippen LogP contribution in [0, 0.1) is 5.92 Å². The van der Waals surface area contributed by atoms with Crippen molar-refractivity contribution in [2.75, 3.05) is 18.1 Å². The van der Waals surface area contributed by atoms with E-state index in [2.05, 4.69) is 38.5 Å². The smallest absolute Gasteiger partial charge is 0.410 e. The summed E-state index contributed by atoms with van der Waals surface area (Å²) in [5.41, 5.74) is 8.02. The van der Waals surface area contributed by atoms with E-state index >= 15 is 19.2 Å². The van der Waals surface area contributed by atoms with Crippen LogP contribution in [0.5, 0.6) is 46.0 Å². The number of aliphatic hydroxyl groups is 5. The van der Waals surface area contributed by atoms with Gasteiger partial charge in [0.05, 0.1) is 34.8 Å². The van der Waals surface area contributed by atoms with Gasteiger partial charge < -0.3 is 122 Å². The number of alkyl halides is 1. The predicted octanol–water partition coefficient (Wildman–Crippen LogP) is 2.58. The lowest BCUT2D eigenvalue weighted by Gasteiger charge is -2.47. The van der Waals surface area contributed by atoms with E-state index in [1.165, 1.54) is 39.1 Å². The van der Waals surface area contributed by atoms with Gasteiger partial charge in [-0.1, -0.05) is 90.5 Å². The molecule has 7 aliphatic rings. The van der Waals surface area contributed by atoms with E-state index < -0.39 is 236 Å². The number of ether oxygens (including phenoxy) is 7. The highest BCUT2D eigenvalue weighted by Crippen LogP contribution is 2.50. The maximum atomic E-state index is 16.1. The largest absolute Gasteiger partial charge is 0.508 e. The zero-order chi connectivity index (χ0) is 78.1. The third-order valence-electron chi connectivity index (χ3n) is 18.4. The van der Waals surface area contributed by atoms with Gasteiger partial charge in [-0.2, -0.15) is 0 Å². The van der Waals surface area contributed by atoms with Crippen LogP contribution < -0.4 is 57.6 Å². The molecule has 7 heterocycles. The number of aliphatic hydroxyl groups excluding tert-OH is 5. The number of carbonyl (C=O) groups is 9. The van der Waals surface area contributed by atoms with Crippen molar-refractivity contribution in [2.45, 2.75) is 156 Å². The summed E-state index contributed by atoms with van der Waals surface area (Å²) in [5, 5.41) is 118. The Kier molecular flexibility index (Phi) is 24.7. The van der Waals surface area contributed by atoms with E-state index in [0.717, 1.165) is 71.6 Å². The third-order valence-corrected chi connectivity index (χ3v) is 19.9. The summed E-state index contributed by atoms with van der Waals surface area (Å²) in [5.74, 6) is -16.6. The van der Waals surface area contributed by atoms with Gasteiger partial charge in [-0.3, -0.25) is 38.5 Å². The zero-order valence-electron chi connectivity index (χ0n) is 57.5. The standard InChI is InChI=1S/C70H78Cl2IN9O25/c1-7-14-101-69(100)82(6)38(15-26(2)3)62(93)80-52-54(87)29-9-12-41(35(71)17-29)103-43-19-31-20-44(58(43)107-68-59(57(90)56(89)45(25-73)105-68)106-47-24-70(5,75)60(91)27(4)102-47)104-42-13-10-30(18-36(42)72)55(88)53-66(97)79-51(67(98)99)34-21-32(83)22-40(85)48(34)33-16-28(8-11-39(33)84)49(63(94)81-53)78-64(95)50(31)77-61(92)37(23-46(74)86)76-65(52)96/h7-13,16-22,26-27,37-38,45,47,49-57,59-60,68,83-85,87-91H,1,14-15,23-25,75H2,2-6H3,(H2,74,86)(H,76,96)(H,77,92)(H,78,95)(H,79,97)(H,80,93)(H,81,94)(H,98,99)/t27?,37-,38+,45?,47?,49+,50+,51+,52+,53-,54+,55+,56?,57?,59?,60?,68?,70?/m0/s1. The average Bonchev–Trinajstić information content (AvgIpc) is 0.769. The Morgan fingerprint density at radius 1 is 0.757 bits per heavy atom. The molecule has 0 aromatic heterocycles. The molecule has 5 aromatic carbocycles. The lowest BCUT2D eigenvalue weighted by Crippen LogP contribution is -2.64. The molecule has 107 heavy (non-hydrogen) atoms. The van der Waals surface area contributed by atoms with Crippen molar-refractivity contribution >= 4 is 99.2 Å². The summed E-state index contributed by atoms with van der Waals surface area (Å²) in [6.07, 6.45) is -17.7. The number of primary amides is 1. The van der Waals surface area contributed by atoms with E-state index in [9.17, 15) is 69.9 Å². The molecule has 11 bridgehead atoms. The fourth-order valence-corrected chi connectivity index (χ4v) is 14.1. The van der Waals surface area contributed by atoms with Crippen LogP contribution >= 0.6 is 45.8 Å². The first kappa shape index (κ1) is 80.2. The number of fused-ring (bicyclic) bond motifs is 15. The minimum atomic E-state index is -2.37. The average molecular weight is 1640 g/mol. The summed E-state index contributed by atoms with van der Waals surface area (Å²) in [6.45, 7) is 9.74. The number of likely N-dealkylation sites (N-methyl/N-ethyl adjacent to an activating group) is 1. The van der Waals surface area contributed by atoms with E-state index in [-0.39, 0.29) is 58.0 Å². The summed E-state index contributed by atoms with van der Waals surface area (Å²) in [6, 6.07) is -1.41. The van der Waals surface area contributed by atoms with Crippen LogP contribution in [0.1, 0.15) is 105 Å². The Labute approximate surface area is 633 Å². The maximum Gasteiger partial charge on any atom is 0.410 e. The van der Waals surface area contributed by atoms with Gasteiger partial charge in [0, 0.05) is 46.2 Å². The number of carboxylic acids is 1. The van der Waals surface area contributed by atoms with Crippen molar-refractivity contribution in [3.63, 3.8) is 0 Å². The molecular formula is C70H78Cl2IN9O25. The number of rotatable bonds is 15. The normalized spacial score (nSPS) is 28.3. The number of hydrogen-bond donors (Lipinski definition) is 17. The maximum absolute atomic E-state index is 16.1. The van der Waals surface area contributed by atoms with Crippen molar-refractivity contribution in [1.29, 1.82) is 0 Å². The van der Waals surface area contributed by atoms with Crippen LogP contribution in [0.25, 0.3) is 11.1 Å². The molecule has 9 unspecified atom stereocenters. The topological polar surface area (TPSA) is 528 Å². The second kappa shape index (κ2) is 33.0. The second-order valence-corrected chi connectivity index (χ2v) is 28.5. The van der Waals surface area contributed by atoms with Crippen LogP contribution in [-0.4, -0.2) is 201 Å². The van der Waals surface area contributed by atoms with Gasteiger partial charge in [-0.25, -0.2) is 9.59 Å². The minimum Gasteiger partial charge on any atom is -0.508 e. The third kappa shape index (κ3) is 17.5. The van der Waals surface area contributed by atoms with Crippen LogP contribution in [0.4, 0.5) is 4.79 Å². The number of phenolic OH excluding ortho intramolecular Hbond substituents is 3. The predicted molar refractivity (Wildman–Crippen MR) is 381 cm³/mol. The zero-order valence-corrected chi connectivity index (χ0v) is 61.2. The number of nitrogens with two attached hydrogens (primary N) is 2. The molecule has 19 N–H and O–H groups in total.